The van der Waals surface area contributed by atoms with Crippen LogP contribution >= 0.6 is 11.6 Å². The third-order valence-corrected chi connectivity index (χ3v) is 0.670. The summed E-state index contributed by atoms with van der Waals surface area (Å²) < 4.78 is 7.99. The van der Waals surface area contributed by atoms with Crippen molar-refractivity contribution in [1.29, 1.82) is 0 Å². The molecule has 62 valence electrons. The second-order valence-corrected chi connectivity index (χ2v) is 1.80. The lowest BCUT2D eigenvalue weighted by atomic mass is 10.7. The van der Waals surface area contributed by atoms with E-state index in [0.29, 0.717) is 0 Å². The van der Waals surface area contributed by atoms with Crippen molar-refractivity contribution >= 4 is 29.0 Å². The van der Waals surface area contributed by atoms with Crippen LogP contribution in [0.4, 0.5) is 4.79 Å². The van der Waals surface area contributed by atoms with Crippen molar-refractivity contribution in [2.45, 2.75) is 6.92 Å². The number of esters is 2. The zero-order chi connectivity index (χ0) is 8.85. The molecule has 0 aliphatic carbocycles. The van der Waals surface area contributed by atoms with E-state index in [9.17, 15) is 14.4 Å². The molecule has 0 aliphatic rings. The Hall–Kier alpha value is -1.10. The maximum atomic E-state index is 10.4. The highest BCUT2D eigenvalue weighted by Crippen LogP contribution is 1.88. The van der Waals surface area contributed by atoms with Gasteiger partial charge in [0.05, 0.1) is 0 Å². The van der Waals surface area contributed by atoms with Crippen molar-refractivity contribution in [3.63, 3.8) is 0 Å². The van der Waals surface area contributed by atoms with Gasteiger partial charge in [-0.2, -0.15) is 0 Å². The highest BCUT2D eigenvalue weighted by Gasteiger charge is 2.07. The van der Waals surface area contributed by atoms with Crippen molar-refractivity contribution in [1.82, 2.24) is 0 Å². The molecule has 11 heavy (non-hydrogen) atoms. The number of hydrogen-bond acceptors (Lipinski definition) is 5. The topological polar surface area (TPSA) is 69.7 Å². The SMILES string of the molecule is CC(=O)OC(=O)COC(=O)Cl. The normalized spacial score (nSPS) is 8.55. The van der Waals surface area contributed by atoms with Crippen LogP contribution in [0.5, 0.6) is 0 Å². The minimum atomic E-state index is -1.12. The molecule has 0 bridgehead atoms. The van der Waals surface area contributed by atoms with Crippen molar-refractivity contribution in [2.75, 3.05) is 6.61 Å². The largest absolute Gasteiger partial charge is 0.442 e. The van der Waals surface area contributed by atoms with Gasteiger partial charge in [-0.3, -0.25) is 4.79 Å². The molecule has 0 aliphatic heterocycles. The Balaban J connectivity index is 3.53. The summed E-state index contributed by atoms with van der Waals surface area (Å²) in [5.41, 5.74) is -1.12. The quantitative estimate of drug-likeness (QED) is 0.351. The van der Waals surface area contributed by atoms with E-state index in [1.807, 2.05) is 0 Å². The van der Waals surface area contributed by atoms with Gasteiger partial charge in [-0.25, -0.2) is 9.59 Å². The van der Waals surface area contributed by atoms with Crippen LogP contribution in [0.15, 0.2) is 0 Å². The molecule has 0 N–H and O–H groups in total. The van der Waals surface area contributed by atoms with Crippen LogP contribution in [0.25, 0.3) is 0 Å². The summed E-state index contributed by atoms with van der Waals surface area (Å²) in [6.45, 7) is 0.405. The molecule has 0 saturated carbocycles. The number of ether oxygens (including phenoxy) is 2. The van der Waals surface area contributed by atoms with Crippen LogP contribution in [0.3, 0.4) is 0 Å². The highest BCUT2D eigenvalue weighted by atomic mass is 35.5. The predicted molar refractivity (Wildman–Crippen MR) is 34.0 cm³/mol. The third kappa shape index (κ3) is 6.79. The van der Waals surface area contributed by atoms with Crippen molar-refractivity contribution in [3.8, 4) is 0 Å². The van der Waals surface area contributed by atoms with E-state index < -0.39 is 24.0 Å². The maximum absolute atomic E-state index is 10.4. The van der Waals surface area contributed by atoms with Gasteiger partial charge in [0.1, 0.15) is 0 Å². The Morgan fingerprint density at radius 3 is 2.27 bits per heavy atom. The first kappa shape index (κ1) is 9.90. The molecule has 0 saturated heterocycles. The van der Waals surface area contributed by atoms with E-state index in [4.69, 9.17) is 11.6 Å². The zero-order valence-electron chi connectivity index (χ0n) is 5.63. The molecule has 0 unspecified atom stereocenters. The summed E-state index contributed by atoms with van der Waals surface area (Å²) in [5, 5.41) is 0. The van der Waals surface area contributed by atoms with Crippen LogP contribution in [0, 0.1) is 0 Å². The van der Waals surface area contributed by atoms with Gasteiger partial charge in [0.15, 0.2) is 6.61 Å². The number of carbonyl (C=O) groups is 3. The van der Waals surface area contributed by atoms with E-state index in [1.165, 1.54) is 0 Å². The molecule has 0 atom stereocenters. The van der Waals surface area contributed by atoms with Gasteiger partial charge in [-0.1, -0.05) is 0 Å². The Bertz CT molecular complexity index is 187. The van der Waals surface area contributed by atoms with Gasteiger partial charge in [0.2, 0.25) is 0 Å². The molecule has 0 aromatic carbocycles. The molecule has 0 amide bonds. The fraction of sp³-hybridized carbons (Fsp3) is 0.400. The van der Waals surface area contributed by atoms with Gasteiger partial charge < -0.3 is 9.47 Å². The van der Waals surface area contributed by atoms with E-state index in [1.54, 1.807) is 0 Å². The van der Waals surface area contributed by atoms with Crippen molar-refractivity contribution in [2.24, 2.45) is 0 Å². The Morgan fingerprint density at radius 2 is 1.91 bits per heavy atom. The molecule has 0 fully saturated rings. The number of rotatable bonds is 2. The standard InChI is InChI=1S/C5H5ClO5/c1-3(7)11-4(8)2-10-5(6)9/h2H2,1H3. The van der Waals surface area contributed by atoms with Gasteiger partial charge in [0, 0.05) is 18.5 Å². The molecular formula is C5H5ClO5. The molecule has 5 nitrogen and oxygen atoms in total. The summed E-state index contributed by atoms with van der Waals surface area (Å²) in [5.74, 6) is -1.72. The minimum Gasteiger partial charge on any atom is -0.442 e. The second-order valence-electron chi connectivity index (χ2n) is 1.49. The van der Waals surface area contributed by atoms with Gasteiger partial charge in [-0.15, -0.1) is 0 Å². The van der Waals surface area contributed by atoms with Crippen LogP contribution in [-0.2, 0) is 19.1 Å². The second kappa shape index (κ2) is 4.68. The van der Waals surface area contributed by atoms with E-state index in [2.05, 4.69) is 9.47 Å². The molecule has 0 heterocycles. The molecule has 0 spiro atoms. The fourth-order valence-electron chi connectivity index (χ4n) is 0.305. The lowest BCUT2D eigenvalue weighted by Crippen LogP contribution is -2.16. The monoisotopic (exact) mass is 180 g/mol. The van der Waals surface area contributed by atoms with Crippen LogP contribution in [0.2, 0.25) is 0 Å². The predicted octanol–water partition coefficient (Wildman–Crippen LogP) is 0.452. The molecule has 0 radical (unpaired) electrons. The molecule has 0 aromatic heterocycles. The third-order valence-electron chi connectivity index (χ3n) is 0.561. The molecular weight excluding hydrogens is 176 g/mol. The highest BCUT2D eigenvalue weighted by molar-refractivity contribution is 6.61. The first-order valence-corrected chi connectivity index (χ1v) is 2.93. The average molecular weight is 181 g/mol. The van der Waals surface area contributed by atoms with Crippen molar-refractivity contribution < 1.29 is 23.9 Å². The first-order chi connectivity index (χ1) is 5.02. The summed E-state index contributed by atoms with van der Waals surface area (Å²) in [7, 11) is 0. The number of carbonyl (C=O) groups excluding carboxylic acids is 3. The lowest BCUT2D eigenvalue weighted by molar-refractivity contribution is -0.159. The smallest absolute Gasteiger partial charge is 0.404 e. The number of halogens is 1. The zero-order valence-corrected chi connectivity index (χ0v) is 6.38. The van der Waals surface area contributed by atoms with Gasteiger partial charge in [-0.05, 0) is 0 Å². The van der Waals surface area contributed by atoms with Crippen molar-refractivity contribution in [3.05, 3.63) is 0 Å². The molecule has 0 rings (SSSR count). The van der Waals surface area contributed by atoms with Gasteiger partial charge >= 0.3 is 17.4 Å². The summed E-state index contributed by atoms with van der Waals surface area (Å²) in [6, 6.07) is 0. The summed E-state index contributed by atoms with van der Waals surface area (Å²) in [6.07, 6.45) is 0. The molecule has 0 aromatic rings. The van der Waals surface area contributed by atoms with E-state index in [-0.39, 0.29) is 0 Å². The summed E-state index contributed by atoms with van der Waals surface area (Å²) >= 11 is 4.70. The van der Waals surface area contributed by atoms with E-state index in [0.717, 1.165) is 6.92 Å². The number of hydrogen-bond donors (Lipinski definition) is 0. The molecule has 6 heteroatoms. The lowest BCUT2D eigenvalue weighted by Gasteiger charge is -1.97. The van der Waals surface area contributed by atoms with Crippen LogP contribution < -0.4 is 0 Å². The van der Waals surface area contributed by atoms with Crippen LogP contribution in [-0.4, -0.2) is 24.0 Å². The van der Waals surface area contributed by atoms with Crippen LogP contribution in [0.1, 0.15) is 6.92 Å². The average Bonchev–Trinajstić information content (AvgIpc) is 1.82. The summed E-state index contributed by atoms with van der Waals surface area (Å²) in [4.78, 5) is 30.3. The Labute approximate surface area is 67.2 Å². The maximum Gasteiger partial charge on any atom is 0.404 e. The Kier molecular flexibility index (Phi) is 4.21. The Morgan fingerprint density at radius 1 is 1.36 bits per heavy atom. The fourth-order valence-corrected chi connectivity index (χ4v) is 0.360. The minimum absolute atomic E-state index is 0.651. The van der Waals surface area contributed by atoms with Gasteiger partial charge in [0.25, 0.3) is 0 Å². The first-order valence-electron chi connectivity index (χ1n) is 2.56. The van der Waals surface area contributed by atoms with E-state index >= 15 is 0 Å².